The molecule has 3 aliphatic rings. The Labute approximate surface area is 190 Å². The minimum Gasteiger partial charge on any atom is -0.481 e. The Bertz CT molecular complexity index is 492. The number of aliphatic hydroxyl groups excluding tert-OH is 1. The van der Waals surface area contributed by atoms with Gasteiger partial charge in [0.1, 0.15) is 0 Å². The minimum atomic E-state index is -0.728. The quantitative estimate of drug-likeness (QED) is 0.259. The zero-order valence-electron chi connectivity index (χ0n) is 19.6. The molecule has 1 unspecified atom stereocenters. The molecule has 3 rings (SSSR count). The Morgan fingerprint density at radius 1 is 0.719 bits per heavy atom. The summed E-state index contributed by atoms with van der Waals surface area (Å²) in [6.07, 6.45) is 0.905. The maximum Gasteiger partial charge on any atom is 0.304 e. The molecule has 11 heteroatoms. The maximum absolute atomic E-state index is 9.90. The topological polar surface area (TPSA) is 161 Å². The largest absolute Gasteiger partial charge is 0.481 e. The summed E-state index contributed by atoms with van der Waals surface area (Å²) in [7, 11) is 0. The summed E-state index contributed by atoms with van der Waals surface area (Å²) in [5, 5.41) is 42.2. The van der Waals surface area contributed by atoms with Gasteiger partial charge in [-0.25, -0.2) is 0 Å². The average Bonchev–Trinajstić information content (AvgIpc) is 3.52. The van der Waals surface area contributed by atoms with Gasteiger partial charge in [-0.05, 0) is 20.8 Å². The Kier molecular flexibility index (Phi) is 15.0. The number of rotatable bonds is 11. The van der Waals surface area contributed by atoms with Gasteiger partial charge in [0.2, 0.25) is 0 Å². The van der Waals surface area contributed by atoms with E-state index in [9.17, 15) is 14.4 Å². The average molecular weight is 464 g/mol. The third-order valence-electron chi connectivity index (χ3n) is 4.34. The van der Waals surface area contributed by atoms with Crippen molar-refractivity contribution in [2.75, 3.05) is 58.9 Å². The van der Waals surface area contributed by atoms with Crippen LogP contribution < -0.4 is 0 Å². The second-order valence-corrected chi connectivity index (χ2v) is 8.82. The highest BCUT2D eigenvalue weighted by Crippen LogP contribution is 2.09. The first kappa shape index (κ1) is 30.2. The van der Waals surface area contributed by atoms with E-state index < -0.39 is 29.6 Å². The number of nitrogens with zero attached hydrogens (tertiary/aromatic N) is 3. The van der Waals surface area contributed by atoms with Gasteiger partial charge in [0.15, 0.2) is 0 Å². The van der Waals surface area contributed by atoms with Gasteiger partial charge in [0.25, 0.3) is 0 Å². The summed E-state index contributed by atoms with van der Waals surface area (Å²) < 4.78 is 0. The van der Waals surface area contributed by atoms with Gasteiger partial charge in [0.05, 0.1) is 31.0 Å². The van der Waals surface area contributed by atoms with E-state index in [0.29, 0.717) is 25.7 Å². The van der Waals surface area contributed by atoms with Crippen LogP contribution in [0, 0.1) is 0 Å². The molecule has 3 saturated heterocycles. The van der Waals surface area contributed by atoms with Crippen LogP contribution in [0.2, 0.25) is 0 Å². The Morgan fingerprint density at radius 3 is 1.06 bits per heavy atom. The minimum absolute atomic E-state index is 0.292. The standard InChI is InChI=1S/C6H14O2.3C5H9NO2/c1-5(7)4-6(2,3)8;3*7-5(8)1-2-6-3-4-6/h5,7-8H,4H2,1-3H3;3*1-4H2,(H,7,8). The molecule has 3 heterocycles. The van der Waals surface area contributed by atoms with E-state index in [1.54, 1.807) is 20.8 Å². The van der Waals surface area contributed by atoms with Crippen molar-refractivity contribution in [2.45, 2.75) is 58.2 Å². The summed E-state index contributed by atoms with van der Waals surface area (Å²) >= 11 is 0. The highest BCUT2D eigenvalue weighted by molar-refractivity contribution is 5.67. The molecule has 188 valence electrons. The number of hydrogen-bond acceptors (Lipinski definition) is 8. The first-order valence-corrected chi connectivity index (χ1v) is 11.0. The monoisotopic (exact) mass is 463 g/mol. The van der Waals surface area contributed by atoms with Gasteiger partial charge >= 0.3 is 17.9 Å². The van der Waals surface area contributed by atoms with Crippen molar-refractivity contribution in [3.8, 4) is 0 Å². The number of carboxylic acid groups (broad SMARTS) is 3. The van der Waals surface area contributed by atoms with E-state index in [2.05, 4.69) is 14.7 Å². The van der Waals surface area contributed by atoms with E-state index in [-0.39, 0.29) is 0 Å². The van der Waals surface area contributed by atoms with Crippen molar-refractivity contribution in [1.82, 2.24) is 14.7 Å². The normalized spacial score (nSPS) is 17.9. The number of aliphatic carboxylic acids is 3. The molecule has 0 aromatic heterocycles. The smallest absolute Gasteiger partial charge is 0.304 e. The fourth-order valence-electron chi connectivity index (χ4n) is 2.37. The molecule has 0 amide bonds. The third-order valence-corrected chi connectivity index (χ3v) is 4.34. The molecule has 3 aliphatic heterocycles. The van der Waals surface area contributed by atoms with Crippen LogP contribution in [0.25, 0.3) is 0 Å². The van der Waals surface area contributed by atoms with Crippen LogP contribution >= 0.6 is 0 Å². The lowest BCUT2D eigenvalue weighted by Gasteiger charge is -2.17. The number of carbonyl (C=O) groups is 3. The maximum atomic E-state index is 9.90. The van der Waals surface area contributed by atoms with Crippen LogP contribution in [0.5, 0.6) is 0 Å². The lowest BCUT2D eigenvalue weighted by Crippen LogP contribution is -2.24. The van der Waals surface area contributed by atoms with E-state index in [0.717, 1.165) is 58.9 Å². The van der Waals surface area contributed by atoms with Crippen molar-refractivity contribution in [2.24, 2.45) is 0 Å². The van der Waals surface area contributed by atoms with Crippen molar-refractivity contribution in [3.63, 3.8) is 0 Å². The Morgan fingerprint density at radius 2 is 0.969 bits per heavy atom. The molecule has 0 aromatic carbocycles. The molecular weight excluding hydrogens is 422 g/mol. The highest BCUT2D eigenvalue weighted by atomic mass is 16.4. The summed E-state index contributed by atoms with van der Waals surface area (Å²) in [4.78, 5) is 36.0. The van der Waals surface area contributed by atoms with E-state index in [4.69, 9.17) is 25.5 Å². The molecule has 0 spiro atoms. The molecule has 3 fully saturated rings. The summed E-state index contributed by atoms with van der Waals surface area (Å²) in [5.41, 5.74) is -0.728. The van der Waals surface area contributed by atoms with Crippen LogP contribution in [0.15, 0.2) is 0 Å². The predicted octanol–water partition coefficient (Wildman–Crippen LogP) is -0.142. The number of hydrogen-bond donors (Lipinski definition) is 5. The van der Waals surface area contributed by atoms with Crippen LogP contribution in [0.4, 0.5) is 0 Å². The zero-order chi connectivity index (χ0) is 24.7. The number of carboxylic acids is 3. The summed E-state index contributed by atoms with van der Waals surface area (Å²) in [6.45, 7) is 13.8. The van der Waals surface area contributed by atoms with Crippen LogP contribution in [0.1, 0.15) is 46.5 Å². The first-order chi connectivity index (χ1) is 14.8. The Balaban J connectivity index is 0.000000400. The van der Waals surface area contributed by atoms with Crippen molar-refractivity contribution in [1.29, 1.82) is 0 Å². The van der Waals surface area contributed by atoms with E-state index in [1.807, 2.05) is 0 Å². The van der Waals surface area contributed by atoms with Gasteiger partial charge in [-0.2, -0.15) is 0 Å². The molecular formula is C21H41N3O8. The van der Waals surface area contributed by atoms with Crippen LogP contribution in [-0.2, 0) is 14.4 Å². The zero-order valence-corrected chi connectivity index (χ0v) is 19.6. The fraction of sp³-hybridized carbons (Fsp3) is 0.857. The Hall–Kier alpha value is -1.79. The lowest BCUT2D eigenvalue weighted by molar-refractivity contribution is -0.138. The highest BCUT2D eigenvalue weighted by Gasteiger charge is 2.18. The van der Waals surface area contributed by atoms with Crippen molar-refractivity contribution in [3.05, 3.63) is 0 Å². The fourth-order valence-corrected chi connectivity index (χ4v) is 2.37. The third kappa shape index (κ3) is 28.2. The van der Waals surface area contributed by atoms with Crippen LogP contribution in [0.3, 0.4) is 0 Å². The van der Waals surface area contributed by atoms with Crippen molar-refractivity contribution < 1.29 is 39.9 Å². The van der Waals surface area contributed by atoms with Crippen molar-refractivity contribution >= 4 is 17.9 Å². The van der Waals surface area contributed by atoms with Gasteiger partial charge < -0.3 is 40.2 Å². The second kappa shape index (κ2) is 15.9. The van der Waals surface area contributed by atoms with Crippen LogP contribution in [-0.4, -0.2) is 129 Å². The summed E-state index contributed by atoms with van der Waals surface area (Å²) in [5.74, 6) is -2.09. The molecule has 0 bridgehead atoms. The molecule has 0 saturated carbocycles. The summed E-state index contributed by atoms with van der Waals surface area (Å²) in [6, 6.07) is 0. The van der Waals surface area contributed by atoms with E-state index >= 15 is 0 Å². The number of aliphatic hydroxyl groups is 2. The molecule has 0 aliphatic carbocycles. The first-order valence-electron chi connectivity index (χ1n) is 11.0. The van der Waals surface area contributed by atoms with Gasteiger partial charge in [-0.3, -0.25) is 14.4 Å². The molecule has 32 heavy (non-hydrogen) atoms. The SMILES string of the molecule is CC(O)CC(C)(C)O.O=C(O)CCN1CC1.O=C(O)CCN1CC1.O=C(O)CCN1CC1. The van der Waals surface area contributed by atoms with Gasteiger partial charge in [0, 0.05) is 65.3 Å². The molecule has 11 nitrogen and oxygen atoms in total. The predicted molar refractivity (Wildman–Crippen MR) is 119 cm³/mol. The molecule has 5 N–H and O–H groups in total. The van der Waals surface area contributed by atoms with E-state index in [1.165, 1.54) is 0 Å². The molecule has 0 aromatic rings. The molecule has 1 atom stereocenters. The van der Waals surface area contributed by atoms with Gasteiger partial charge in [-0.1, -0.05) is 0 Å². The second-order valence-electron chi connectivity index (χ2n) is 8.82. The van der Waals surface area contributed by atoms with Gasteiger partial charge in [-0.15, -0.1) is 0 Å². The molecule has 0 radical (unpaired) electrons. The lowest BCUT2D eigenvalue weighted by atomic mass is 10.0.